The standard InChI is InChI=1S/C28H32ClN3O6S2/c1-38-27-15-14-24(19-25(27)29)39(34,35)31-26(18-21-8-4-2-5-9-21)28(33)30-20-22-10-12-23(13-11-22)40(36,37)32-16-6-3-7-17-32/h2,4-5,8-15,19,26,31H,3,6-7,16-18,20H2,1H3,(H,30,33)/t26-/m0/s1. The predicted molar refractivity (Wildman–Crippen MR) is 153 cm³/mol. The summed E-state index contributed by atoms with van der Waals surface area (Å²) in [5.41, 5.74) is 1.44. The zero-order valence-corrected chi connectivity index (χ0v) is 24.4. The molecule has 1 saturated heterocycles. The van der Waals surface area contributed by atoms with Crippen LogP contribution in [0.4, 0.5) is 0 Å². The molecule has 1 fully saturated rings. The number of piperidine rings is 1. The van der Waals surface area contributed by atoms with Crippen molar-refractivity contribution in [3.05, 3.63) is 88.9 Å². The molecule has 0 aromatic heterocycles. The molecule has 214 valence electrons. The fraction of sp³-hybridized carbons (Fsp3) is 0.321. The Hall–Kier alpha value is -2.96. The lowest BCUT2D eigenvalue weighted by Crippen LogP contribution is -2.47. The van der Waals surface area contributed by atoms with E-state index in [9.17, 15) is 21.6 Å². The first-order valence-corrected chi connectivity index (χ1v) is 16.2. The van der Waals surface area contributed by atoms with Gasteiger partial charge in [0, 0.05) is 19.6 Å². The summed E-state index contributed by atoms with van der Waals surface area (Å²) in [6.07, 6.45) is 2.84. The Labute approximate surface area is 240 Å². The second-order valence-corrected chi connectivity index (χ2v) is 13.5. The Morgan fingerprint density at radius 3 is 2.17 bits per heavy atom. The van der Waals surface area contributed by atoms with Crippen LogP contribution in [0, 0.1) is 0 Å². The van der Waals surface area contributed by atoms with Gasteiger partial charge < -0.3 is 10.1 Å². The van der Waals surface area contributed by atoms with E-state index in [0.29, 0.717) is 24.4 Å². The van der Waals surface area contributed by atoms with Crippen molar-refractivity contribution in [3.63, 3.8) is 0 Å². The molecule has 0 unspecified atom stereocenters. The molecule has 0 saturated carbocycles. The van der Waals surface area contributed by atoms with Crippen LogP contribution in [0.2, 0.25) is 5.02 Å². The van der Waals surface area contributed by atoms with E-state index in [4.69, 9.17) is 16.3 Å². The topological polar surface area (TPSA) is 122 Å². The van der Waals surface area contributed by atoms with Gasteiger partial charge in [-0.3, -0.25) is 4.79 Å². The Bertz CT molecular complexity index is 1530. The second-order valence-electron chi connectivity index (χ2n) is 9.49. The number of hydrogen-bond donors (Lipinski definition) is 2. The van der Waals surface area contributed by atoms with Crippen molar-refractivity contribution in [3.8, 4) is 5.75 Å². The number of amides is 1. The molecule has 0 radical (unpaired) electrons. The number of rotatable bonds is 11. The number of nitrogens with zero attached hydrogens (tertiary/aromatic N) is 1. The van der Waals surface area contributed by atoms with Crippen LogP contribution < -0.4 is 14.8 Å². The molecule has 4 rings (SSSR count). The van der Waals surface area contributed by atoms with Gasteiger partial charge in [0.05, 0.1) is 21.9 Å². The van der Waals surface area contributed by atoms with Gasteiger partial charge in [0.1, 0.15) is 11.8 Å². The average Bonchev–Trinajstić information content (AvgIpc) is 2.96. The smallest absolute Gasteiger partial charge is 0.243 e. The van der Waals surface area contributed by atoms with Crippen molar-refractivity contribution in [2.75, 3.05) is 20.2 Å². The van der Waals surface area contributed by atoms with Gasteiger partial charge in [0.2, 0.25) is 26.0 Å². The van der Waals surface area contributed by atoms with Crippen LogP contribution in [0.3, 0.4) is 0 Å². The highest BCUT2D eigenvalue weighted by Crippen LogP contribution is 2.27. The number of ether oxygens (including phenoxy) is 1. The number of benzene rings is 3. The van der Waals surface area contributed by atoms with Crippen LogP contribution in [0.1, 0.15) is 30.4 Å². The fourth-order valence-corrected chi connectivity index (χ4v) is 7.51. The van der Waals surface area contributed by atoms with Crippen molar-refractivity contribution >= 4 is 37.6 Å². The second kappa shape index (κ2) is 13.1. The van der Waals surface area contributed by atoms with Crippen LogP contribution in [0.15, 0.2) is 82.6 Å². The largest absolute Gasteiger partial charge is 0.495 e. The number of sulfonamides is 2. The maximum Gasteiger partial charge on any atom is 0.243 e. The van der Waals surface area contributed by atoms with Gasteiger partial charge >= 0.3 is 0 Å². The number of halogens is 1. The molecule has 1 aliphatic heterocycles. The van der Waals surface area contributed by atoms with E-state index in [1.165, 1.54) is 41.7 Å². The number of hydrogen-bond acceptors (Lipinski definition) is 6. The van der Waals surface area contributed by atoms with E-state index in [1.54, 1.807) is 24.3 Å². The maximum atomic E-state index is 13.2. The lowest BCUT2D eigenvalue weighted by Gasteiger charge is -2.25. The number of carbonyl (C=O) groups is 1. The Kier molecular flexibility index (Phi) is 9.85. The SMILES string of the molecule is COc1ccc(S(=O)(=O)N[C@@H](Cc2ccccc2)C(=O)NCc2ccc(S(=O)(=O)N3CCCCC3)cc2)cc1Cl. The highest BCUT2D eigenvalue weighted by Gasteiger charge is 2.28. The van der Waals surface area contributed by atoms with Gasteiger partial charge in [0.25, 0.3) is 0 Å². The van der Waals surface area contributed by atoms with E-state index < -0.39 is 32.0 Å². The summed E-state index contributed by atoms with van der Waals surface area (Å²) in [5, 5.41) is 2.90. The minimum absolute atomic E-state index is 0.0876. The van der Waals surface area contributed by atoms with E-state index in [2.05, 4.69) is 10.0 Å². The first kappa shape index (κ1) is 30.0. The van der Waals surface area contributed by atoms with Crippen molar-refractivity contribution in [2.45, 2.75) is 48.1 Å². The summed E-state index contributed by atoms with van der Waals surface area (Å²) in [6, 6.07) is 18.3. The summed E-state index contributed by atoms with van der Waals surface area (Å²) in [5.74, 6) is -0.203. The number of methoxy groups -OCH3 is 1. The van der Waals surface area contributed by atoms with E-state index >= 15 is 0 Å². The minimum Gasteiger partial charge on any atom is -0.495 e. The van der Waals surface area contributed by atoms with Crippen LogP contribution in [-0.4, -0.2) is 53.3 Å². The van der Waals surface area contributed by atoms with E-state index in [-0.39, 0.29) is 27.8 Å². The van der Waals surface area contributed by atoms with Crippen LogP contribution in [-0.2, 0) is 37.8 Å². The monoisotopic (exact) mass is 605 g/mol. The summed E-state index contributed by atoms with van der Waals surface area (Å²) in [4.78, 5) is 13.3. The normalized spacial score (nSPS) is 15.3. The quantitative estimate of drug-likeness (QED) is 0.343. The van der Waals surface area contributed by atoms with Crippen molar-refractivity contribution in [1.82, 2.24) is 14.3 Å². The zero-order valence-electron chi connectivity index (χ0n) is 22.0. The third-order valence-corrected chi connectivity index (χ3v) is 10.4. The summed E-state index contributed by atoms with van der Waals surface area (Å²) in [6.45, 7) is 1.12. The van der Waals surface area contributed by atoms with Crippen molar-refractivity contribution in [2.24, 2.45) is 0 Å². The Balaban J connectivity index is 1.47. The average molecular weight is 606 g/mol. The summed E-state index contributed by atoms with van der Waals surface area (Å²) < 4.78 is 61.3. The molecule has 1 aliphatic rings. The Morgan fingerprint density at radius 2 is 1.55 bits per heavy atom. The van der Waals surface area contributed by atoms with Crippen LogP contribution in [0.25, 0.3) is 0 Å². The fourth-order valence-electron chi connectivity index (χ4n) is 4.45. The van der Waals surface area contributed by atoms with Crippen molar-refractivity contribution in [1.29, 1.82) is 0 Å². The molecule has 0 spiro atoms. The first-order chi connectivity index (χ1) is 19.1. The molecule has 1 heterocycles. The van der Waals surface area contributed by atoms with Gasteiger partial charge in [0.15, 0.2) is 0 Å². The van der Waals surface area contributed by atoms with Crippen LogP contribution >= 0.6 is 11.6 Å². The van der Waals surface area contributed by atoms with Gasteiger partial charge in [-0.15, -0.1) is 0 Å². The third kappa shape index (κ3) is 7.41. The predicted octanol–water partition coefficient (Wildman–Crippen LogP) is 3.73. The number of nitrogens with one attached hydrogen (secondary N) is 2. The molecule has 3 aromatic rings. The molecule has 1 atom stereocenters. The van der Waals surface area contributed by atoms with Gasteiger partial charge in [-0.2, -0.15) is 9.03 Å². The molecule has 2 N–H and O–H groups in total. The molecular weight excluding hydrogens is 574 g/mol. The summed E-state index contributed by atoms with van der Waals surface area (Å²) >= 11 is 6.13. The van der Waals surface area contributed by atoms with Gasteiger partial charge in [-0.1, -0.05) is 60.5 Å². The first-order valence-electron chi connectivity index (χ1n) is 12.9. The number of carbonyl (C=O) groups excluding carboxylic acids is 1. The Morgan fingerprint density at radius 1 is 0.900 bits per heavy atom. The van der Waals surface area contributed by atoms with Crippen molar-refractivity contribution < 1.29 is 26.4 Å². The lowest BCUT2D eigenvalue weighted by atomic mass is 10.1. The molecule has 9 nitrogen and oxygen atoms in total. The molecular formula is C28H32ClN3O6S2. The lowest BCUT2D eigenvalue weighted by molar-refractivity contribution is -0.122. The van der Waals surface area contributed by atoms with E-state index in [0.717, 1.165) is 24.8 Å². The molecule has 40 heavy (non-hydrogen) atoms. The highest BCUT2D eigenvalue weighted by molar-refractivity contribution is 7.89. The zero-order chi connectivity index (χ0) is 28.8. The van der Waals surface area contributed by atoms with Gasteiger partial charge in [-0.25, -0.2) is 16.8 Å². The molecule has 12 heteroatoms. The van der Waals surface area contributed by atoms with Gasteiger partial charge in [-0.05, 0) is 60.7 Å². The third-order valence-electron chi connectivity index (χ3n) is 6.67. The van der Waals surface area contributed by atoms with E-state index in [1.807, 2.05) is 18.2 Å². The minimum atomic E-state index is -4.11. The molecule has 0 bridgehead atoms. The summed E-state index contributed by atoms with van der Waals surface area (Å²) in [7, 11) is -6.24. The molecule has 1 amide bonds. The highest BCUT2D eigenvalue weighted by atomic mass is 35.5. The van der Waals surface area contributed by atoms with Crippen LogP contribution in [0.5, 0.6) is 5.75 Å². The molecule has 3 aromatic carbocycles. The molecule has 0 aliphatic carbocycles. The maximum absolute atomic E-state index is 13.2.